The monoisotopic (exact) mass is 515 g/mol. The maximum Gasteiger partial charge on any atom is 0.459 e. The number of carbonyl (C=O) groups excluding carboxylic acids is 1. The summed E-state index contributed by atoms with van der Waals surface area (Å²) in [6.45, 7) is 4.11. The molecule has 0 saturated carbocycles. The molecule has 35 heavy (non-hydrogen) atoms. The molecule has 1 aliphatic rings. The van der Waals surface area contributed by atoms with Crippen molar-refractivity contribution in [1.82, 2.24) is 14.6 Å². The van der Waals surface area contributed by atoms with E-state index in [4.69, 9.17) is 18.5 Å². The standard InChI is InChI=1S/C21H27FN3O9P/c1-4-31-19(28)21(2,3)24-35(30,34-13-8-6-5-7-9-13)32-12-16-15(26)10-17(33-16)25-11-14(22)18(27)23-20(25)29/h5-9,11,15-17,26H,4,10,12H2,1-3H3,(H,24,30)(H,23,27,29)/t15-,16?,17-,35?/m1/s1. The minimum Gasteiger partial charge on any atom is -0.465 e. The van der Waals surface area contributed by atoms with E-state index < -0.39 is 61.4 Å². The van der Waals surface area contributed by atoms with E-state index in [0.717, 1.165) is 4.57 Å². The lowest BCUT2D eigenvalue weighted by Gasteiger charge is -2.29. The van der Waals surface area contributed by atoms with Crippen molar-refractivity contribution in [2.75, 3.05) is 13.2 Å². The number of carbonyl (C=O) groups is 1. The first-order valence-corrected chi connectivity index (χ1v) is 12.3. The molecule has 3 N–H and O–H groups in total. The average molecular weight is 515 g/mol. The van der Waals surface area contributed by atoms with Gasteiger partial charge >= 0.3 is 19.4 Å². The molecule has 1 aromatic heterocycles. The number of aromatic amines is 1. The van der Waals surface area contributed by atoms with Gasteiger partial charge in [-0.05, 0) is 32.9 Å². The number of aliphatic hydroxyl groups excluding tert-OH is 1. The molecule has 192 valence electrons. The van der Waals surface area contributed by atoms with Gasteiger partial charge in [-0.1, -0.05) is 18.2 Å². The Hall–Kier alpha value is -2.83. The van der Waals surface area contributed by atoms with Crippen LogP contribution >= 0.6 is 7.75 Å². The third kappa shape index (κ3) is 6.65. The third-order valence-electron chi connectivity index (χ3n) is 5.02. The minimum absolute atomic E-state index is 0.100. The summed E-state index contributed by atoms with van der Waals surface area (Å²) in [6.07, 6.45) is -2.86. The number of aromatic nitrogens is 2. The van der Waals surface area contributed by atoms with Crippen molar-refractivity contribution in [3.05, 3.63) is 63.2 Å². The quantitative estimate of drug-likeness (QED) is 0.312. The van der Waals surface area contributed by atoms with Crippen LogP contribution in [0.15, 0.2) is 46.1 Å². The van der Waals surface area contributed by atoms with Crippen LogP contribution in [0.25, 0.3) is 0 Å². The van der Waals surface area contributed by atoms with Gasteiger partial charge < -0.3 is 19.1 Å². The van der Waals surface area contributed by atoms with Gasteiger partial charge in [0.2, 0.25) is 5.82 Å². The molecule has 3 rings (SSSR count). The van der Waals surface area contributed by atoms with Gasteiger partial charge in [-0.15, -0.1) is 0 Å². The van der Waals surface area contributed by atoms with Gasteiger partial charge in [0.1, 0.15) is 23.6 Å². The van der Waals surface area contributed by atoms with Crippen molar-refractivity contribution in [2.24, 2.45) is 0 Å². The van der Waals surface area contributed by atoms with Gasteiger partial charge in [0.15, 0.2) is 0 Å². The number of para-hydroxylation sites is 1. The highest BCUT2D eigenvalue weighted by atomic mass is 31.2. The summed E-state index contributed by atoms with van der Waals surface area (Å²) in [4.78, 5) is 37.4. The van der Waals surface area contributed by atoms with E-state index in [2.05, 4.69) is 5.09 Å². The lowest BCUT2D eigenvalue weighted by atomic mass is 10.1. The van der Waals surface area contributed by atoms with Crippen molar-refractivity contribution in [2.45, 2.75) is 51.2 Å². The first-order valence-electron chi connectivity index (χ1n) is 10.7. The molecule has 1 aromatic carbocycles. The molecular formula is C21H27FN3O9P. The fourth-order valence-corrected chi connectivity index (χ4v) is 4.96. The molecule has 0 spiro atoms. The number of H-pyrrole nitrogens is 1. The van der Waals surface area contributed by atoms with Gasteiger partial charge in [0.05, 0.1) is 25.5 Å². The van der Waals surface area contributed by atoms with Crippen molar-refractivity contribution >= 4 is 13.7 Å². The zero-order chi connectivity index (χ0) is 25.8. The van der Waals surface area contributed by atoms with Crippen molar-refractivity contribution in [3.63, 3.8) is 0 Å². The molecule has 0 amide bonds. The Kier molecular flexibility index (Phi) is 8.29. The number of esters is 1. The first-order chi connectivity index (χ1) is 16.4. The summed E-state index contributed by atoms with van der Waals surface area (Å²) in [5, 5.41) is 13.0. The molecule has 12 nitrogen and oxygen atoms in total. The van der Waals surface area contributed by atoms with E-state index in [1.54, 1.807) is 25.1 Å². The van der Waals surface area contributed by atoms with E-state index >= 15 is 0 Å². The molecule has 2 heterocycles. The van der Waals surface area contributed by atoms with Crippen LogP contribution in [0.3, 0.4) is 0 Å². The molecule has 4 atom stereocenters. The molecule has 0 bridgehead atoms. The van der Waals surface area contributed by atoms with Gasteiger partial charge in [0, 0.05) is 6.42 Å². The Balaban J connectivity index is 1.77. The highest BCUT2D eigenvalue weighted by Gasteiger charge is 2.43. The van der Waals surface area contributed by atoms with E-state index in [9.17, 15) is 28.4 Å². The molecule has 1 saturated heterocycles. The number of rotatable bonds is 10. The summed E-state index contributed by atoms with van der Waals surface area (Å²) >= 11 is 0. The number of hydrogen-bond acceptors (Lipinski definition) is 9. The maximum atomic E-state index is 13.7. The van der Waals surface area contributed by atoms with Crippen LogP contribution in [0.5, 0.6) is 5.75 Å². The smallest absolute Gasteiger partial charge is 0.459 e. The number of ether oxygens (including phenoxy) is 2. The Morgan fingerprint density at radius 3 is 2.69 bits per heavy atom. The minimum atomic E-state index is -4.25. The van der Waals surface area contributed by atoms with Gasteiger partial charge in [-0.3, -0.25) is 23.7 Å². The number of nitrogens with one attached hydrogen (secondary N) is 2. The highest BCUT2D eigenvalue weighted by Crippen LogP contribution is 2.47. The van der Waals surface area contributed by atoms with Crippen LogP contribution < -0.4 is 20.9 Å². The molecule has 2 aromatic rings. The second-order valence-electron chi connectivity index (χ2n) is 8.23. The average Bonchev–Trinajstić information content (AvgIpc) is 3.15. The van der Waals surface area contributed by atoms with Crippen LogP contribution in [0.2, 0.25) is 0 Å². The van der Waals surface area contributed by atoms with Gasteiger partial charge in [-0.2, -0.15) is 9.48 Å². The van der Waals surface area contributed by atoms with Crippen molar-refractivity contribution in [3.8, 4) is 5.75 Å². The fraction of sp³-hybridized carbons (Fsp3) is 0.476. The lowest BCUT2D eigenvalue weighted by molar-refractivity contribution is -0.149. The number of nitrogens with zero attached hydrogens (tertiary/aromatic N) is 1. The number of aliphatic hydroxyl groups is 1. The molecule has 1 fully saturated rings. The van der Waals surface area contributed by atoms with Crippen LogP contribution in [-0.2, 0) is 23.4 Å². The zero-order valence-corrected chi connectivity index (χ0v) is 20.2. The molecule has 14 heteroatoms. The Labute approximate surface area is 199 Å². The predicted octanol–water partition coefficient (Wildman–Crippen LogP) is 1.46. The second-order valence-corrected chi connectivity index (χ2v) is 9.89. The zero-order valence-electron chi connectivity index (χ0n) is 19.3. The van der Waals surface area contributed by atoms with E-state index in [1.165, 1.54) is 26.0 Å². The second kappa shape index (κ2) is 10.8. The normalized spacial score (nSPS) is 21.9. The van der Waals surface area contributed by atoms with Crippen molar-refractivity contribution < 1.29 is 37.4 Å². The lowest BCUT2D eigenvalue weighted by Crippen LogP contribution is -2.47. The SMILES string of the molecule is CCOC(=O)C(C)(C)NP(=O)(OCC1O[C@@H](n2cc(F)c(=O)[nH]c2=O)C[C@H]1O)Oc1ccccc1. The maximum absolute atomic E-state index is 13.7. The summed E-state index contributed by atoms with van der Waals surface area (Å²) < 4.78 is 49.7. The van der Waals surface area contributed by atoms with E-state index in [0.29, 0.717) is 6.20 Å². The van der Waals surface area contributed by atoms with E-state index in [1.807, 2.05) is 4.98 Å². The van der Waals surface area contributed by atoms with Crippen LogP contribution in [0.1, 0.15) is 33.4 Å². The predicted molar refractivity (Wildman–Crippen MR) is 120 cm³/mol. The topological polar surface area (TPSA) is 158 Å². The molecule has 0 radical (unpaired) electrons. The highest BCUT2D eigenvalue weighted by molar-refractivity contribution is 7.52. The van der Waals surface area contributed by atoms with E-state index in [-0.39, 0.29) is 18.8 Å². The Bertz CT molecular complexity index is 1200. The summed E-state index contributed by atoms with van der Waals surface area (Å²) in [5.41, 5.74) is -3.58. The molecule has 2 unspecified atom stereocenters. The van der Waals surface area contributed by atoms with Gasteiger partial charge in [0.25, 0.3) is 5.56 Å². The number of benzene rings is 1. The summed E-state index contributed by atoms with van der Waals surface area (Å²) in [6, 6.07) is 8.07. The fourth-order valence-electron chi connectivity index (χ4n) is 3.28. The Morgan fingerprint density at radius 2 is 2.03 bits per heavy atom. The third-order valence-corrected chi connectivity index (χ3v) is 6.79. The van der Waals surface area contributed by atoms with Crippen LogP contribution in [0.4, 0.5) is 4.39 Å². The molecule has 0 aliphatic carbocycles. The van der Waals surface area contributed by atoms with Crippen LogP contribution in [-0.4, -0.2) is 51.6 Å². The number of halogens is 1. The molecule has 1 aliphatic heterocycles. The van der Waals surface area contributed by atoms with Gasteiger partial charge in [-0.25, -0.2) is 9.36 Å². The van der Waals surface area contributed by atoms with Crippen LogP contribution in [0, 0.1) is 5.82 Å². The van der Waals surface area contributed by atoms with Crippen molar-refractivity contribution in [1.29, 1.82) is 0 Å². The summed E-state index contributed by atoms with van der Waals surface area (Å²) in [7, 11) is -4.25. The first kappa shape index (κ1) is 26.8. The summed E-state index contributed by atoms with van der Waals surface area (Å²) in [5.74, 6) is -1.71. The largest absolute Gasteiger partial charge is 0.465 e. The number of hydrogen-bond donors (Lipinski definition) is 3. The Morgan fingerprint density at radius 1 is 1.34 bits per heavy atom. The molecular weight excluding hydrogens is 488 g/mol.